The Morgan fingerprint density at radius 2 is 2.39 bits per heavy atom. The van der Waals surface area contributed by atoms with E-state index in [-0.39, 0.29) is 17.7 Å². The molecule has 1 unspecified atom stereocenters. The molecule has 0 amide bonds. The van der Waals surface area contributed by atoms with Crippen LogP contribution in [0.1, 0.15) is 42.6 Å². The van der Waals surface area contributed by atoms with Gasteiger partial charge in [0.1, 0.15) is 0 Å². The van der Waals surface area contributed by atoms with Crippen LogP contribution in [0.4, 0.5) is 0 Å². The highest BCUT2D eigenvalue weighted by Crippen LogP contribution is 2.23. The number of hydrogen-bond acceptors (Lipinski definition) is 5. The summed E-state index contributed by atoms with van der Waals surface area (Å²) in [6, 6.07) is 0. The smallest absolute Gasteiger partial charge is 0.362 e. The van der Waals surface area contributed by atoms with Gasteiger partial charge in [-0.3, -0.25) is 0 Å². The molecule has 2 rings (SSSR count). The highest BCUT2D eigenvalue weighted by atomic mass is 16.6. The molecule has 1 aromatic heterocycles. The molecule has 6 heteroatoms. The number of carboxylic acid groups (broad SMARTS) is 1. The Labute approximate surface area is 105 Å². The van der Waals surface area contributed by atoms with Crippen LogP contribution in [-0.2, 0) is 11.2 Å². The van der Waals surface area contributed by atoms with Crippen LogP contribution in [0.3, 0.4) is 0 Å². The van der Waals surface area contributed by atoms with Crippen LogP contribution in [-0.4, -0.2) is 35.4 Å². The van der Waals surface area contributed by atoms with Gasteiger partial charge in [0.2, 0.25) is 11.6 Å². The van der Waals surface area contributed by atoms with Gasteiger partial charge in [0.05, 0.1) is 19.1 Å². The fourth-order valence-corrected chi connectivity index (χ4v) is 1.96. The van der Waals surface area contributed by atoms with Crippen LogP contribution in [0.25, 0.3) is 0 Å². The van der Waals surface area contributed by atoms with E-state index in [0.717, 1.165) is 25.9 Å². The predicted molar refractivity (Wildman–Crippen MR) is 61.9 cm³/mol. The number of ether oxygens (including phenoxy) is 2. The normalized spacial score (nSPS) is 19.7. The summed E-state index contributed by atoms with van der Waals surface area (Å²) in [6.07, 6.45) is 3.71. The quantitative estimate of drug-likeness (QED) is 0.865. The summed E-state index contributed by atoms with van der Waals surface area (Å²) in [5.41, 5.74) is -0.164. The maximum absolute atomic E-state index is 11.0. The Kier molecular flexibility index (Phi) is 4.19. The van der Waals surface area contributed by atoms with Crippen LogP contribution in [0.5, 0.6) is 5.95 Å². The van der Waals surface area contributed by atoms with Gasteiger partial charge in [-0.05, 0) is 26.2 Å². The summed E-state index contributed by atoms with van der Waals surface area (Å²) in [5, 5.41) is 8.98. The van der Waals surface area contributed by atoms with Gasteiger partial charge in [0.15, 0.2) is 0 Å². The van der Waals surface area contributed by atoms with Crippen molar-refractivity contribution in [3.8, 4) is 5.95 Å². The molecule has 2 heterocycles. The molecule has 100 valence electrons. The Hall–Kier alpha value is -1.56. The van der Waals surface area contributed by atoms with Crippen molar-refractivity contribution in [1.29, 1.82) is 0 Å². The van der Waals surface area contributed by atoms with E-state index in [1.165, 1.54) is 0 Å². The summed E-state index contributed by atoms with van der Waals surface area (Å²) in [7, 11) is 0. The SMILES string of the molecule is CCOc1oc(CC2CCCCO2)nc1C(=O)O. The highest BCUT2D eigenvalue weighted by Gasteiger charge is 2.23. The predicted octanol–water partition coefficient (Wildman–Crippen LogP) is 1.88. The fourth-order valence-electron chi connectivity index (χ4n) is 1.96. The zero-order valence-electron chi connectivity index (χ0n) is 10.3. The van der Waals surface area contributed by atoms with E-state index in [9.17, 15) is 4.79 Å². The van der Waals surface area contributed by atoms with Gasteiger partial charge < -0.3 is 19.0 Å². The third-order valence-electron chi connectivity index (χ3n) is 2.79. The second kappa shape index (κ2) is 5.86. The number of nitrogens with zero attached hydrogens (tertiary/aromatic N) is 1. The molecule has 1 aromatic rings. The topological polar surface area (TPSA) is 81.8 Å². The van der Waals surface area contributed by atoms with Gasteiger partial charge in [0.25, 0.3) is 0 Å². The number of oxazole rings is 1. The molecule has 1 N–H and O–H groups in total. The third kappa shape index (κ3) is 3.01. The van der Waals surface area contributed by atoms with Crippen molar-refractivity contribution in [1.82, 2.24) is 4.98 Å². The van der Waals surface area contributed by atoms with E-state index < -0.39 is 5.97 Å². The van der Waals surface area contributed by atoms with Gasteiger partial charge in [-0.25, -0.2) is 9.78 Å². The van der Waals surface area contributed by atoms with Crippen LogP contribution in [0, 0.1) is 0 Å². The Balaban J connectivity index is 2.07. The van der Waals surface area contributed by atoms with E-state index in [4.69, 9.17) is 19.0 Å². The molecule has 0 aliphatic carbocycles. The van der Waals surface area contributed by atoms with Crippen molar-refractivity contribution in [3.05, 3.63) is 11.6 Å². The standard InChI is InChI=1S/C12H17NO5/c1-2-16-12-10(11(14)15)13-9(18-12)7-8-5-3-4-6-17-8/h8H,2-7H2,1H3,(H,14,15). The van der Waals surface area contributed by atoms with E-state index in [0.29, 0.717) is 18.9 Å². The molecule has 1 atom stereocenters. The van der Waals surface area contributed by atoms with Gasteiger partial charge in [-0.1, -0.05) is 0 Å². The molecule has 1 saturated heterocycles. The van der Waals surface area contributed by atoms with Gasteiger partial charge in [0, 0.05) is 6.61 Å². The Bertz CT molecular complexity index is 409. The minimum atomic E-state index is -1.14. The lowest BCUT2D eigenvalue weighted by molar-refractivity contribution is 0.0127. The highest BCUT2D eigenvalue weighted by molar-refractivity contribution is 5.87. The first kappa shape index (κ1) is 12.9. The number of hydrogen-bond donors (Lipinski definition) is 1. The number of rotatable bonds is 5. The number of carbonyl (C=O) groups is 1. The van der Waals surface area contributed by atoms with Crippen molar-refractivity contribution in [2.45, 2.75) is 38.7 Å². The van der Waals surface area contributed by atoms with E-state index in [2.05, 4.69) is 4.98 Å². The summed E-state index contributed by atoms with van der Waals surface area (Å²) in [6.45, 7) is 2.85. The molecule has 6 nitrogen and oxygen atoms in total. The first-order valence-electron chi connectivity index (χ1n) is 6.18. The second-order valence-corrected chi connectivity index (χ2v) is 4.17. The zero-order valence-corrected chi connectivity index (χ0v) is 10.3. The average Bonchev–Trinajstić information content (AvgIpc) is 2.74. The van der Waals surface area contributed by atoms with Crippen LogP contribution < -0.4 is 4.74 Å². The lowest BCUT2D eigenvalue weighted by Gasteiger charge is -2.20. The Morgan fingerprint density at radius 1 is 1.56 bits per heavy atom. The molecule has 1 aliphatic rings. The van der Waals surface area contributed by atoms with Crippen molar-refractivity contribution in [2.75, 3.05) is 13.2 Å². The van der Waals surface area contributed by atoms with Crippen molar-refractivity contribution in [3.63, 3.8) is 0 Å². The van der Waals surface area contributed by atoms with Crippen molar-refractivity contribution >= 4 is 5.97 Å². The molecule has 0 saturated carbocycles. The number of aromatic nitrogens is 1. The van der Waals surface area contributed by atoms with E-state index in [1.807, 2.05) is 0 Å². The van der Waals surface area contributed by atoms with Crippen LogP contribution >= 0.6 is 0 Å². The molecule has 0 aromatic carbocycles. The first-order valence-corrected chi connectivity index (χ1v) is 6.18. The molecule has 18 heavy (non-hydrogen) atoms. The second-order valence-electron chi connectivity index (χ2n) is 4.17. The number of aromatic carboxylic acids is 1. The summed E-state index contributed by atoms with van der Waals surface area (Å²) in [5.74, 6) is -0.795. The molecule has 0 radical (unpaired) electrons. The maximum atomic E-state index is 11.0. The molecular weight excluding hydrogens is 238 g/mol. The molecule has 1 aliphatic heterocycles. The molecule has 1 fully saturated rings. The van der Waals surface area contributed by atoms with E-state index >= 15 is 0 Å². The van der Waals surface area contributed by atoms with Gasteiger partial charge in [-0.2, -0.15) is 0 Å². The van der Waals surface area contributed by atoms with Crippen molar-refractivity contribution in [2.24, 2.45) is 0 Å². The van der Waals surface area contributed by atoms with E-state index in [1.54, 1.807) is 6.92 Å². The Morgan fingerprint density at radius 3 is 3.00 bits per heavy atom. The summed E-state index contributed by atoms with van der Waals surface area (Å²) >= 11 is 0. The number of carboxylic acids is 1. The van der Waals surface area contributed by atoms with Crippen LogP contribution in [0.2, 0.25) is 0 Å². The molecular formula is C12H17NO5. The largest absolute Gasteiger partial charge is 0.476 e. The fraction of sp³-hybridized carbons (Fsp3) is 0.667. The average molecular weight is 255 g/mol. The van der Waals surface area contributed by atoms with Crippen molar-refractivity contribution < 1.29 is 23.8 Å². The van der Waals surface area contributed by atoms with Gasteiger partial charge >= 0.3 is 11.9 Å². The monoisotopic (exact) mass is 255 g/mol. The zero-order chi connectivity index (χ0) is 13.0. The summed E-state index contributed by atoms with van der Waals surface area (Å²) < 4.78 is 16.0. The van der Waals surface area contributed by atoms with Crippen LogP contribution in [0.15, 0.2) is 4.42 Å². The maximum Gasteiger partial charge on any atom is 0.362 e. The minimum Gasteiger partial charge on any atom is -0.476 e. The molecule has 0 bridgehead atoms. The molecule has 0 spiro atoms. The first-order chi connectivity index (χ1) is 8.70. The third-order valence-corrected chi connectivity index (χ3v) is 2.79. The summed E-state index contributed by atoms with van der Waals surface area (Å²) in [4.78, 5) is 14.9. The lowest BCUT2D eigenvalue weighted by Crippen LogP contribution is -2.21. The lowest BCUT2D eigenvalue weighted by atomic mass is 10.1. The van der Waals surface area contributed by atoms with Gasteiger partial charge in [-0.15, -0.1) is 0 Å². The minimum absolute atomic E-state index is 0.0178.